The van der Waals surface area contributed by atoms with Crippen molar-refractivity contribution in [3.63, 3.8) is 0 Å². The lowest BCUT2D eigenvalue weighted by molar-refractivity contribution is 0.139. The Labute approximate surface area is 200 Å². The van der Waals surface area contributed by atoms with E-state index in [1.807, 2.05) is 44.9 Å². The molecule has 2 fully saturated rings. The SMILES string of the molecule is CC(C)(C)[S@@+]([O-])NC1c2ccccc2CC12CCC(c1cnc(SCC3CC3)cn1)CC2. The Morgan fingerprint density at radius 1 is 1.09 bits per heavy atom. The molecule has 2 atom stereocenters. The summed E-state index contributed by atoms with van der Waals surface area (Å²) in [6, 6.07) is 8.91. The predicted octanol–water partition coefficient (Wildman–Crippen LogP) is 5.97. The Kier molecular flexibility index (Phi) is 6.34. The summed E-state index contributed by atoms with van der Waals surface area (Å²) in [6.07, 6.45) is 12.3. The summed E-state index contributed by atoms with van der Waals surface area (Å²) < 4.78 is 16.3. The number of benzene rings is 1. The molecule has 0 amide bonds. The third-order valence-electron chi connectivity index (χ3n) is 7.51. The van der Waals surface area contributed by atoms with Crippen LogP contribution in [0, 0.1) is 11.3 Å². The van der Waals surface area contributed by atoms with E-state index in [0.717, 1.165) is 48.7 Å². The molecular formula is C26H35N3OS2. The number of thioether (sulfide) groups is 1. The molecule has 32 heavy (non-hydrogen) atoms. The smallest absolute Gasteiger partial charge is 0.136 e. The van der Waals surface area contributed by atoms with Crippen LogP contribution in [0.25, 0.3) is 0 Å². The largest absolute Gasteiger partial charge is 0.598 e. The third-order valence-corrected chi connectivity index (χ3v) is 10.2. The highest BCUT2D eigenvalue weighted by atomic mass is 32.2. The summed E-state index contributed by atoms with van der Waals surface area (Å²) in [4.78, 5) is 9.51. The van der Waals surface area contributed by atoms with Crippen molar-refractivity contribution in [3.8, 4) is 0 Å². The van der Waals surface area contributed by atoms with E-state index >= 15 is 0 Å². The maximum absolute atomic E-state index is 13.1. The Morgan fingerprint density at radius 3 is 2.50 bits per heavy atom. The molecule has 1 N–H and O–H groups in total. The molecule has 0 bridgehead atoms. The van der Waals surface area contributed by atoms with Gasteiger partial charge in [-0.05, 0) is 88.2 Å². The van der Waals surface area contributed by atoms with Crippen LogP contribution in [-0.2, 0) is 17.8 Å². The molecule has 1 spiro atoms. The molecule has 0 radical (unpaired) electrons. The second kappa shape index (κ2) is 8.94. The summed E-state index contributed by atoms with van der Waals surface area (Å²) >= 11 is 0.766. The second-order valence-electron chi connectivity index (χ2n) is 11.0. The minimum atomic E-state index is -1.09. The molecule has 1 unspecified atom stereocenters. The summed E-state index contributed by atoms with van der Waals surface area (Å²) in [7, 11) is 0. The van der Waals surface area contributed by atoms with Gasteiger partial charge in [0.05, 0.1) is 17.9 Å². The zero-order valence-corrected chi connectivity index (χ0v) is 21.1. The molecule has 2 aromatic rings. The summed E-state index contributed by atoms with van der Waals surface area (Å²) in [5.74, 6) is 2.57. The van der Waals surface area contributed by atoms with E-state index in [4.69, 9.17) is 9.97 Å². The van der Waals surface area contributed by atoms with E-state index in [9.17, 15) is 4.55 Å². The molecule has 0 saturated heterocycles. The third kappa shape index (κ3) is 4.75. The van der Waals surface area contributed by atoms with Crippen molar-refractivity contribution in [3.05, 3.63) is 53.5 Å². The first-order chi connectivity index (χ1) is 15.3. The molecule has 5 rings (SSSR count). The summed E-state index contributed by atoms with van der Waals surface area (Å²) in [6.45, 7) is 6.14. The van der Waals surface area contributed by atoms with Crippen molar-refractivity contribution < 1.29 is 4.55 Å². The monoisotopic (exact) mass is 469 g/mol. The minimum Gasteiger partial charge on any atom is -0.598 e. The summed E-state index contributed by atoms with van der Waals surface area (Å²) in [5.41, 5.74) is 4.06. The van der Waals surface area contributed by atoms with Crippen LogP contribution >= 0.6 is 11.8 Å². The van der Waals surface area contributed by atoms with Crippen molar-refractivity contribution in [1.82, 2.24) is 14.7 Å². The van der Waals surface area contributed by atoms with Gasteiger partial charge in [-0.15, -0.1) is 16.5 Å². The van der Waals surface area contributed by atoms with Gasteiger partial charge in [0.15, 0.2) is 0 Å². The maximum atomic E-state index is 13.1. The van der Waals surface area contributed by atoms with Crippen molar-refractivity contribution in [2.45, 2.75) is 87.4 Å². The van der Waals surface area contributed by atoms with Gasteiger partial charge in [0.25, 0.3) is 0 Å². The number of rotatable bonds is 6. The van der Waals surface area contributed by atoms with Crippen LogP contribution in [0.4, 0.5) is 0 Å². The fraction of sp³-hybridized carbons (Fsp3) is 0.615. The zero-order valence-electron chi connectivity index (χ0n) is 19.5. The predicted molar refractivity (Wildman–Crippen MR) is 133 cm³/mol. The van der Waals surface area contributed by atoms with Crippen molar-refractivity contribution in [2.24, 2.45) is 11.3 Å². The maximum Gasteiger partial charge on any atom is 0.136 e. The van der Waals surface area contributed by atoms with Crippen LogP contribution in [0.5, 0.6) is 0 Å². The minimum absolute atomic E-state index is 0.147. The molecule has 1 aromatic carbocycles. The molecule has 3 aliphatic carbocycles. The Morgan fingerprint density at radius 2 is 1.84 bits per heavy atom. The molecule has 1 aromatic heterocycles. The van der Waals surface area contributed by atoms with E-state index < -0.39 is 11.4 Å². The lowest BCUT2D eigenvalue weighted by Gasteiger charge is -2.42. The highest BCUT2D eigenvalue weighted by Gasteiger charge is 2.50. The first-order valence-electron chi connectivity index (χ1n) is 12.0. The van der Waals surface area contributed by atoms with Crippen LogP contribution in [0.15, 0.2) is 41.7 Å². The fourth-order valence-corrected chi connectivity index (χ4v) is 7.25. The molecule has 6 heteroatoms. The van der Waals surface area contributed by atoms with Gasteiger partial charge in [-0.25, -0.2) is 4.98 Å². The van der Waals surface area contributed by atoms with Gasteiger partial charge in [-0.2, -0.15) is 0 Å². The van der Waals surface area contributed by atoms with Gasteiger partial charge < -0.3 is 4.55 Å². The normalized spacial score (nSPS) is 28.6. The Balaban J connectivity index is 1.28. The van der Waals surface area contributed by atoms with Gasteiger partial charge in [0.2, 0.25) is 0 Å². The highest BCUT2D eigenvalue weighted by Crippen LogP contribution is 2.56. The highest BCUT2D eigenvalue weighted by molar-refractivity contribution is 7.99. The second-order valence-corrected chi connectivity index (χ2v) is 14.0. The van der Waals surface area contributed by atoms with Gasteiger partial charge in [-0.3, -0.25) is 4.98 Å². The van der Waals surface area contributed by atoms with E-state index in [2.05, 4.69) is 29.0 Å². The number of hydrogen-bond donors (Lipinski definition) is 1. The summed E-state index contributed by atoms with van der Waals surface area (Å²) in [5, 5.41) is 1.06. The van der Waals surface area contributed by atoms with Gasteiger partial charge in [0, 0.05) is 29.2 Å². The lowest BCUT2D eigenvalue weighted by atomic mass is 9.66. The lowest BCUT2D eigenvalue weighted by Crippen LogP contribution is -2.46. The molecular weight excluding hydrogens is 434 g/mol. The van der Waals surface area contributed by atoms with Crippen LogP contribution in [0.2, 0.25) is 0 Å². The number of nitrogens with one attached hydrogen (secondary N) is 1. The first-order valence-corrected chi connectivity index (χ1v) is 14.2. The van der Waals surface area contributed by atoms with Gasteiger partial charge in [-0.1, -0.05) is 24.3 Å². The molecule has 4 nitrogen and oxygen atoms in total. The van der Waals surface area contributed by atoms with Crippen LogP contribution in [0.3, 0.4) is 0 Å². The molecule has 1 heterocycles. The fourth-order valence-electron chi connectivity index (χ4n) is 5.31. The van der Waals surface area contributed by atoms with Crippen LogP contribution < -0.4 is 4.72 Å². The van der Waals surface area contributed by atoms with Crippen molar-refractivity contribution in [1.29, 1.82) is 0 Å². The Bertz CT molecular complexity index is 931. The molecule has 0 aliphatic heterocycles. The standard InChI is InChI=1S/C26H35N3OS2/c1-25(2,3)32(30)29-24-21-7-5-4-6-20(21)14-26(24)12-10-19(11-13-26)22-15-28-23(16-27-22)31-17-18-8-9-18/h4-7,15-16,18-19,24,29H,8-14,17H2,1-3H3/t19?,24?,26?,32-/m1/s1. The topological polar surface area (TPSA) is 60.9 Å². The average Bonchev–Trinajstić information content (AvgIpc) is 3.57. The van der Waals surface area contributed by atoms with Crippen molar-refractivity contribution >= 4 is 23.1 Å². The molecule has 2 saturated carbocycles. The number of aromatic nitrogens is 2. The van der Waals surface area contributed by atoms with Crippen molar-refractivity contribution in [2.75, 3.05) is 5.75 Å². The quantitative estimate of drug-likeness (QED) is 0.417. The van der Waals surface area contributed by atoms with Gasteiger partial charge >= 0.3 is 0 Å². The average molecular weight is 470 g/mol. The van der Waals surface area contributed by atoms with E-state index in [-0.39, 0.29) is 16.2 Å². The van der Waals surface area contributed by atoms with Gasteiger partial charge in [0.1, 0.15) is 9.77 Å². The zero-order chi connectivity index (χ0) is 22.3. The molecule has 3 aliphatic rings. The van der Waals surface area contributed by atoms with E-state index in [1.54, 1.807) is 0 Å². The Hall–Kier alpha value is -1.08. The van der Waals surface area contributed by atoms with Crippen LogP contribution in [-0.4, -0.2) is 25.0 Å². The molecule has 172 valence electrons. The first kappa shape index (κ1) is 22.7. The number of nitrogens with zero attached hydrogens (tertiary/aromatic N) is 2. The van der Waals surface area contributed by atoms with Crippen LogP contribution in [0.1, 0.15) is 88.1 Å². The van der Waals surface area contributed by atoms with E-state index in [1.165, 1.54) is 29.7 Å². The number of hydrogen-bond acceptors (Lipinski definition) is 5. The number of fused-ring (bicyclic) bond motifs is 1. The van der Waals surface area contributed by atoms with E-state index in [0.29, 0.717) is 5.92 Å².